The van der Waals surface area contributed by atoms with Crippen LogP contribution < -0.4 is 0 Å². The van der Waals surface area contributed by atoms with E-state index in [4.69, 9.17) is 4.74 Å². The van der Waals surface area contributed by atoms with E-state index in [1.54, 1.807) is 6.92 Å². The van der Waals surface area contributed by atoms with Gasteiger partial charge in [-0.3, -0.25) is 9.59 Å². The molecule has 1 N–H and O–H groups in total. The molecule has 0 aromatic heterocycles. The Morgan fingerprint density at radius 2 is 1.56 bits per heavy atom. The smallest absolute Gasteiger partial charge is 0.323 e. The average molecular weight is 254 g/mol. The van der Waals surface area contributed by atoms with Crippen LogP contribution in [0.2, 0.25) is 0 Å². The number of esters is 1. The van der Waals surface area contributed by atoms with Crippen molar-refractivity contribution in [1.29, 1.82) is 0 Å². The third-order valence-electron chi connectivity index (χ3n) is 5.04. The van der Waals surface area contributed by atoms with Crippen molar-refractivity contribution < 1.29 is 19.4 Å². The van der Waals surface area contributed by atoms with Crippen molar-refractivity contribution in [2.24, 2.45) is 23.2 Å². The van der Waals surface area contributed by atoms with Gasteiger partial charge in [-0.2, -0.15) is 0 Å². The van der Waals surface area contributed by atoms with Gasteiger partial charge in [-0.15, -0.1) is 0 Å². The van der Waals surface area contributed by atoms with Gasteiger partial charge < -0.3 is 9.84 Å². The zero-order valence-electron chi connectivity index (χ0n) is 11.1. The second kappa shape index (κ2) is 4.90. The van der Waals surface area contributed by atoms with Crippen LogP contribution in [0, 0.1) is 23.2 Å². The number of rotatable bonds is 3. The molecule has 0 aliphatic heterocycles. The van der Waals surface area contributed by atoms with Crippen LogP contribution in [0.3, 0.4) is 0 Å². The number of fused-ring (bicyclic) bond motifs is 2. The van der Waals surface area contributed by atoms with Crippen LogP contribution in [0.4, 0.5) is 0 Å². The lowest BCUT2D eigenvalue weighted by Crippen LogP contribution is -2.52. The molecule has 2 aliphatic rings. The Morgan fingerprint density at radius 1 is 1.11 bits per heavy atom. The first-order chi connectivity index (χ1) is 8.51. The zero-order chi connectivity index (χ0) is 13.3. The molecule has 0 radical (unpaired) electrons. The summed E-state index contributed by atoms with van der Waals surface area (Å²) in [6.07, 6.45) is 6.57. The normalized spacial score (nSPS) is 34.4. The van der Waals surface area contributed by atoms with Gasteiger partial charge in [0.25, 0.3) is 0 Å². The van der Waals surface area contributed by atoms with Crippen molar-refractivity contribution in [1.82, 2.24) is 0 Å². The summed E-state index contributed by atoms with van der Waals surface area (Å²) in [4.78, 5) is 23.7. The molecule has 0 aromatic carbocycles. The van der Waals surface area contributed by atoms with Gasteiger partial charge >= 0.3 is 11.9 Å². The molecule has 2 saturated carbocycles. The molecule has 4 nitrogen and oxygen atoms in total. The van der Waals surface area contributed by atoms with E-state index >= 15 is 0 Å². The molecule has 2 bridgehead atoms. The minimum Gasteiger partial charge on any atom is -0.480 e. The van der Waals surface area contributed by atoms with Crippen molar-refractivity contribution in [3.8, 4) is 0 Å². The fraction of sp³-hybridized carbons (Fsp3) is 0.857. The van der Waals surface area contributed by atoms with E-state index < -0.39 is 17.4 Å². The second-order valence-electron chi connectivity index (χ2n) is 5.91. The molecular weight excluding hydrogens is 232 g/mol. The minimum atomic E-state index is -1.37. The maximum atomic E-state index is 12.0. The Bertz CT molecular complexity index is 330. The summed E-state index contributed by atoms with van der Waals surface area (Å²) < 4.78 is 4.78. The van der Waals surface area contributed by atoms with Gasteiger partial charge in [0.05, 0.1) is 7.11 Å². The molecule has 1 atom stereocenters. The maximum absolute atomic E-state index is 12.0. The van der Waals surface area contributed by atoms with Crippen molar-refractivity contribution in [2.45, 2.75) is 45.4 Å². The van der Waals surface area contributed by atoms with E-state index in [2.05, 4.69) is 0 Å². The second-order valence-corrected chi connectivity index (χ2v) is 5.91. The molecule has 18 heavy (non-hydrogen) atoms. The van der Waals surface area contributed by atoms with Gasteiger partial charge in [0, 0.05) is 0 Å². The Kier molecular flexibility index (Phi) is 3.64. The number of hydrogen-bond donors (Lipinski definition) is 1. The van der Waals surface area contributed by atoms with Crippen molar-refractivity contribution in [2.75, 3.05) is 7.11 Å². The quantitative estimate of drug-likeness (QED) is 0.620. The molecule has 0 heterocycles. The van der Waals surface area contributed by atoms with Gasteiger partial charge in [-0.05, 0) is 24.7 Å². The van der Waals surface area contributed by atoms with Gasteiger partial charge in [0.15, 0.2) is 5.41 Å². The highest BCUT2D eigenvalue weighted by atomic mass is 16.5. The largest absolute Gasteiger partial charge is 0.480 e. The lowest BCUT2D eigenvalue weighted by Gasteiger charge is -2.48. The van der Waals surface area contributed by atoms with Crippen LogP contribution in [0.1, 0.15) is 45.4 Å². The van der Waals surface area contributed by atoms with Crippen molar-refractivity contribution in [3.63, 3.8) is 0 Å². The summed E-state index contributed by atoms with van der Waals surface area (Å²) >= 11 is 0. The van der Waals surface area contributed by atoms with Gasteiger partial charge in [-0.25, -0.2) is 0 Å². The molecule has 0 amide bonds. The number of carbonyl (C=O) groups is 2. The Hall–Kier alpha value is -1.06. The standard InChI is InChI=1S/C14H22O4/c1-14(12(15)16,13(17)18-2)11-9-5-3-6-10(11)8-4-7-9/h9-11H,3-8H2,1-2H3,(H,15,16)/t9?,10?,11?,14-/m1/s1. The van der Waals surface area contributed by atoms with Crippen LogP contribution >= 0.6 is 0 Å². The highest BCUT2D eigenvalue weighted by Crippen LogP contribution is 2.52. The third-order valence-corrected chi connectivity index (χ3v) is 5.04. The Morgan fingerprint density at radius 3 is 1.89 bits per heavy atom. The molecule has 0 aromatic rings. The predicted molar refractivity (Wildman–Crippen MR) is 65.9 cm³/mol. The molecular formula is C14H22O4. The minimum absolute atomic E-state index is 0.0510. The third kappa shape index (κ3) is 1.91. The molecule has 0 unspecified atom stereocenters. The van der Waals surface area contributed by atoms with E-state index in [1.807, 2.05) is 0 Å². The van der Waals surface area contributed by atoms with E-state index in [0.717, 1.165) is 25.7 Å². The van der Waals surface area contributed by atoms with Crippen molar-refractivity contribution in [3.05, 3.63) is 0 Å². The van der Waals surface area contributed by atoms with Crippen LogP contribution in [-0.2, 0) is 14.3 Å². The molecule has 0 spiro atoms. The van der Waals surface area contributed by atoms with Crippen LogP contribution in [0.25, 0.3) is 0 Å². The van der Waals surface area contributed by atoms with E-state index in [9.17, 15) is 14.7 Å². The van der Waals surface area contributed by atoms with E-state index in [1.165, 1.54) is 20.0 Å². The fourth-order valence-corrected chi connectivity index (χ4v) is 4.20. The summed E-state index contributed by atoms with van der Waals surface area (Å²) in [5, 5.41) is 9.54. The number of carboxylic acid groups (broad SMARTS) is 1. The zero-order valence-corrected chi connectivity index (χ0v) is 11.1. The SMILES string of the molecule is COC(=O)[C@@](C)(C(=O)O)C1C2CCCC1CCC2. The van der Waals surface area contributed by atoms with Gasteiger partial charge in [-0.1, -0.05) is 38.5 Å². The molecule has 2 aliphatic carbocycles. The Labute approximate surface area is 108 Å². The lowest BCUT2D eigenvalue weighted by atomic mass is 9.55. The summed E-state index contributed by atoms with van der Waals surface area (Å²) in [6, 6.07) is 0. The van der Waals surface area contributed by atoms with Crippen LogP contribution in [0.15, 0.2) is 0 Å². The molecule has 2 rings (SSSR count). The maximum Gasteiger partial charge on any atom is 0.323 e. The van der Waals surface area contributed by atoms with Crippen molar-refractivity contribution >= 4 is 11.9 Å². The van der Waals surface area contributed by atoms with E-state index in [0.29, 0.717) is 11.8 Å². The lowest BCUT2D eigenvalue weighted by molar-refractivity contribution is -0.177. The topological polar surface area (TPSA) is 63.6 Å². The molecule has 2 fully saturated rings. The monoisotopic (exact) mass is 254 g/mol. The predicted octanol–water partition coefficient (Wildman–Crippen LogP) is 2.47. The first-order valence-corrected chi connectivity index (χ1v) is 6.83. The highest BCUT2D eigenvalue weighted by Gasteiger charge is 2.56. The van der Waals surface area contributed by atoms with Gasteiger partial charge in [0.1, 0.15) is 0 Å². The highest BCUT2D eigenvalue weighted by molar-refractivity contribution is 5.99. The summed E-state index contributed by atoms with van der Waals surface area (Å²) in [5.74, 6) is -0.919. The van der Waals surface area contributed by atoms with Crippen LogP contribution in [-0.4, -0.2) is 24.2 Å². The average Bonchev–Trinajstić information content (AvgIpc) is 2.35. The van der Waals surface area contributed by atoms with Gasteiger partial charge in [0.2, 0.25) is 0 Å². The number of aliphatic carboxylic acids is 1. The number of ether oxygens (including phenoxy) is 1. The molecule has 0 saturated heterocycles. The summed E-state index contributed by atoms with van der Waals surface area (Å²) in [5.41, 5.74) is -1.37. The Balaban J connectivity index is 2.35. The first kappa shape index (κ1) is 13.4. The number of carbonyl (C=O) groups excluding carboxylic acids is 1. The number of hydrogen-bond acceptors (Lipinski definition) is 3. The summed E-state index contributed by atoms with van der Waals surface area (Å²) in [7, 11) is 1.28. The number of carboxylic acids is 1. The molecule has 102 valence electrons. The molecule has 4 heteroatoms. The van der Waals surface area contributed by atoms with E-state index in [-0.39, 0.29) is 5.92 Å². The fourth-order valence-electron chi connectivity index (χ4n) is 4.20. The first-order valence-electron chi connectivity index (χ1n) is 6.83. The summed E-state index contributed by atoms with van der Waals surface area (Å²) in [6.45, 7) is 1.56. The number of methoxy groups -OCH3 is 1. The van der Waals surface area contributed by atoms with Crippen LogP contribution in [0.5, 0.6) is 0 Å².